The lowest BCUT2D eigenvalue weighted by Gasteiger charge is -2.11. The van der Waals surface area contributed by atoms with Gasteiger partial charge in [-0.05, 0) is 13.0 Å². The Labute approximate surface area is 107 Å². The minimum absolute atomic E-state index is 0.630. The van der Waals surface area contributed by atoms with E-state index in [1.54, 1.807) is 0 Å². The van der Waals surface area contributed by atoms with E-state index in [4.69, 9.17) is 4.74 Å². The summed E-state index contributed by atoms with van der Waals surface area (Å²) in [6, 6.07) is 8.15. The second-order valence-electron chi connectivity index (χ2n) is 3.89. The molecule has 0 bridgehead atoms. The number of benzene rings is 1. The van der Waals surface area contributed by atoms with Gasteiger partial charge in [0.25, 0.3) is 0 Å². The second kappa shape index (κ2) is 6.71. The maximum absolute atomic E-state index is 5.45. The maximum Gasteiger partial charge on any atom is 0.115 e. The molecule has 2 aromatic rings. The van der Waals surface area contributed by atoms with E-state index in [-0.39, 0.29) is 0 Å². The van der Waals surface area contributed by atoms with E-state index in [0.717, 1.165) is 23.4 Å². The summed E-state index contributed by atoms with van der Waals surface area (Å²) in [6.45, 7) is 4.06. The van der Waals surface area contributed by atoms with Crippen LogP contribution in [0.25, 0.3) is 0 Å². The molecule has 1 aromatic carbocycles. The fourth-order valence-corrected chi connectivity index (χ4v) is 1.65. The van der Waals surface area contributed by atoms with Gasteiger partial charge in [0.05, 0.1) is 6.61 Å². The van der Waals surface area contributed by atoms with Gasteiger partial charge in [-0.15, -0.1) is 0 Å². The smallest absolute Gasteiger partial charge is 0.115 e. The number of aromatic nitrogens is 2. The molecule has 0 atom stereocenters. The summed E-state index contributed by atoms with van der Waals surface area (Å²) in [6.07, 6.45) is 5.16. The largest absolute Gasteiger partial charge is 0.381 e. The van der Waals surface area contributed by atoms with Crippen LogP contribution in [0.1, 0.15) is 18.1 Å². The van der Waals surface area contributed by atoms with Crippen LogP contribution >= 0.6 is 0 Å². The Balaban J connectivity index is 2.00. The molecule has 4 nitrogen and oxygen atoms in total. The molecule has 1 N–H and O–H groups in total. The lowest BCUT2D eigenvalue weighted by molar-refractivity contribution is 0.134. The van der Waals surface area contributed by atoms with E-state index in [1.165, 1.54) is 6.33 Å². The van der Waals surface area contributed by atoms with Gasteiger partial charge in [-0.2, -0.15) is 0 Å². The molecular formula is C14H17N3O. The summed E-state index contributed by atoms with van der Waals surface area (Å²) in [5.74, 6) is 0. The van der Waals surface area contributed by atoms with Crippen molar-refractivity contribution in [1.82, 2.24) is 9.97 Å². The van der Waals surface area contributed by atoms with Crippen LogP contribution in [-0.2, 0) is 17.9 Å². The number of ether oxygens (including phenoxy) is 1. The van der Waals surface area contributed by atoms with Gasteiger partial charge in [-0.1, -0.05) is 18.2 Å². The quantitative estimate of drug-likeness (QED) is 0.847. The number of hydrogen-bond acceptors (Lipinski definition) is 4. The van der Waals surface area contributed by atoms with Crippen LogP contribution in [0.5, 0.6) is 0 Å². The molecule has 0 saturated heterocycles. The van der Waals surface area contributed by atoms with Gasteiger partial charge >= 0.3 is 0 Å². The van der Waals surface area contributed by atoms with Crippen LogP contribution in [0.4, 0.5) is 5.69 Å². The normalized spacial score (nSPS) is 10.3. The second-order valence-corrected chi connectivity index (χ2v) is 3.89. The van der Waals surface area contributed by atoms with Crippen LogP contribution in [0, 0.1) is 0 Å². The molecule has 0 fully saturated rings. The van der Waals surface area contributed by atoms with Crippen molar-refractivity contribution >= 4 is 5.69 Å². The molecule has 4 heteroatoms. The van der Waals surface area contributed by atoms with Gasteiger partial charge in [-0.25, -0.2) is 9.97 Å². The molecule has 1 heterocycles. The summed E-state index contributed by atoms with van der Waals surface area (Å²) in [5.41, 5.74) is 3.31. The Bertz CT molecular complexity index is 473. The van der Waals surface area contributed by atoms with Crippen LogP contribution in [0.15, 0.2) is 43.0 Å². The predicted octanol–water partition coefficient (Wildman–Crippen LogP) is 2.63. The zero-order chi connectivity index (χ0) is 12.6. The zero-order valence-electron chi connectivity index (χ0n) is 10.5. The van der Waals surface area contributed by atoms with Gasteiger partial charge < -0.3 is 10.1 Å². The van der Waals surface area contributed by atoms with Crippen LogP contribution in [0.3, 0.4) is 0 Å². The lowest BCUT2D eigenvalue weighted by Crippen LogP contribution is -2.04. The SMILES string of the molecule is CCOCc1ccccc1NCc1cncnc1. The van der Waals surface area contributed by atoms with Gasteiger partial charge in [0.15, 0.2) is 0 Å². The van der Waals surface area contributed by atoms with Gasteiger partial charge in [0.2, 0.25) is 0 Å². The maximum atomic E-state index is 5.45. The zero-order valence-corrected chi connectivity index (χ0v) is 10.5. The molecule has 0 saturated carbocycles. The van der Waals surface area contributed by atoms with Crippen molar-refractivity contribution < 1.29 is 4.74 Å². The molecule has 0 radical (unpaired) electrons. The summed E-state index contributed by atoms with van der Waals surface area (Å²) < 4.78 is 5.45. The van der Waals surface area contributed by atoms with Crippen LogP contribution in [0.2, 0.25) is 0 Å². The Morgan fingerprint density at radius 3 is 2.72 bits per heavy atom. The lowest BCUT2D eigenvalue weighted by atomic mass is 10.2. The number of anilines is 1. The van der Waals surface area contributed by atoms with E-state index in [2.05, 4.69) is 27.4 Å². The molecule has 0 aliphatic heterocycles. The van der Waals surface area contributed by atoms with Crippen molar-refractivity contribution in [3.05, 3.63) is 54.1 Å². The minimum atomic E-state index is 0.630. The third kappa shape index (κ3) is 3.53. The summed E-state index contributed by atoms with van der Waals surface area (Å²) >= 11 is 0. The van der Waals surface area contributed by atoms with Crippen LogP contribution in [-0.4, -0.2) is 16.6 Å². The monoisotopic (exact) mass is 243 g/mol. The highest BCUT2D eigenvalue weighted by Crippen LogP contribution is 2.16. The van der Waals surface area contributed by atoms with E-state index in [9.17, 15) is 0 Å². The molecule has 0 unspecified atom stereocenters. The highest BCUT2D eigenvalue weighted by molar-refractivity contribution is 5.51. The Morgan fingerprint density at radius 1 is 1.17 bits per heavy atom. The highest BCUT2D eigenvalue weighted by Gasteiger charge is 2.01. The number of para-hydroxylation sites is 1. The Kier molecular flexibility index (Phi) is 4.67. The number of nitrogens with zero attached hydrogens (tertiary/aromatic N) is 2. The number of rotatable bonds is 6. The Morgan fingerprint density at radius 2 is 1.94 bits per heavy atom. The summed E-state index contributed by atoms with van der Waals surface area (Å²) in [7, 11) is 0. The molecule has 0 aliphatic rings. The van der Waals surface area contributed by atoms with Gasteiger partial charge in [0, 0.05) is 42.4 Å². The fourth-order valence-electron chi connectivity index (χ4n) is 1.65. The first kappa shape index (κ1) is 12.5. The van der Waals surface area contributed by atoms with Crippen molar-refractivity contribution in [3.8, 4) is 0 Å². The van der Waals surface area contributed by atoms with E-state index in [1.807, 2.05) is 31.5 Å². The molecule has 1 aromatic heterocycles. The number of hydrogen-bond donors (Lipinski definition) is 1. The molecule has 2 rings (SSSR count). The highest BCUT2D eigenvalue weighted by atomic mass is 16.5. The molecular weight excluding hydrogens is 226 g/mol. The first-order valence-electron chi connectivity index (χ1n) is 6.03. The molecule has 0 spiro atoms. The van der Waals surface area contributed by atoms with E-state index in [0.29, 0.717) is 13.2 Å². The first-order chi connectivity index (χ1) is 8.90. The topological polar surface area (TPSA) is 47.0 Å². The summed E-state index contributed by atoms with van der Waals surface area (Å²) in [4.78, 5) is 7.99. The van der Waals surface area contributed by atoms with Crippen LogP contribution < -0.4 is 5.32 Å². The fraction of sp³-hybridized carbons (Fsp3) is 0.286. The average Bonchev–Trinajstić information content (AvgIpc) is 2.45. The average molecular weight is 243 g/mol. The summed E-state index contributed by atoms with van der Waals surface area (Å²) in [5, 5.41) is 3.38. The molecule has 0 amide bonds. The van der Waals surface area contributed by atoms with E-state index >= 15 is 0 Å². The van der Waals surface area contributed by atoms with Crippen molar-refractivity contribution in [2.24, 2.45) is 0 Å². The van der Waals surface area contributed by atoms with Crippen molar-refractivity contribution in [2.45, 2.75) is 20.1 Å². The van der Waals surface area contributed by atoms with Gasteiger partial charge in [0.1, 0.15) is 6.33 Å². The minimum Gasteiger partial charge on any atom is -0.381 e. The van der Waals surface area contributed by atoms with Crippen molar-refractivity contribution in [1.29, 1.82) is 0 Å². The third-order valence-corrected chi connectivity index (χ3v) is 2.58. The van der Waals surface area contributed by atoms with E-state index < -0.39 is 0 Å². The third-order valence-electron chi connectivity index (χ3n) is 2.58. The van der Waals surface area contributed by atoms with Gasteiger partial charge in [-0.3, -0.25) is 0 Å². The molecule has 94 valence electrons. The molecule has 18 heavy (non-hydrogen) atoms. The van der Waals surface area contributed by atoms with Crippen molar-refractivity contribution in [2.75, 3.05) is 11.9 Å². The number of nitrogens with one attached hydrogen (secondary N) is 1. The standard InChI is InChI=1S/C14H17N3O/c1-2-18-10-13-5-3-4-6-14(13)17-9-12-7-15-11-16-8-12/h3-8,11,17H,2,9-10H2,1H3. The Hall–Kier alpha value is -1.94. The predicted molar refractivity (Wildman–Crippen MR) is 71.1 cm³/mol. The van der Waals surface area contributed by atoms with Crippen molar-refractivity contribution in [3.63, 3.8) is 0 Å². The molecule has 0 aliphatic carbocycles. The first-order valence-corrected chi connectivity index (χ1v) is 6.03.